The Labute approximate surface area is 162 Å². The number of hydrogen-bond donors (Lipinski definition) is 2. The molecule has 2 saturated heterocycles. The third-order valence-corrected chi connectivity index (χ3v) is 6.58. The molecule has 5 rings (SSSR count). The van der Waals surface area contributed by atoms with Crippen LogP contribution < -0.4 is 11.1 Å². The van der Waals surface area contributed by atoms with E-state index in [-0.39, 0.29) is 24.3 Å². The van der Waals surface area contributed by atoms with Crippen LogP contribution in [0.25, 0.3) is 0 Å². The fourth-order valence-electron chi connectivity index (χ4n) is 5.24. The molecular weight excluding hydrogens is 360 g/mol. The van der Waals surface area contributed by atoms with Gasteiger partial charge in [-0.1, -0.05) is 12.1 Å². The Morgan fingerprint density at radius 2 is 1.96 bits per heavy atom. The van der Waals surface area contributed by atoms with Crippen molar-refractivity contribution < 1.29 is 19.2 Å². The first-order valence-corrected chi connectivity index (χ1v) is 9.73. The second-order valence-corrected chi connectivity index (χ2v) is 8.45. The summed E-state index contributed by atoms with van der Waals surface area (Å²) in [5.41, 5.74) is 7.78. The number of benzene rings is 1. The Bertz CT molecular complexity index is 929. The molecule has 3 atom stereocenters. The van der Waals surface area contributed by atoms with Crippen molar-refractivity contribution in [3.05, 3.63) is 34.9 Å². The van der Waals surface area contributed by atoms with Gasteiger partial charge >= 0.3 is 0 Å². The molecule has 0 radical (unpaired) electrons. The van der Waals surface area contributed by atoms with E-state index in [1.54, 1.807) is 12.1 Å². The Balaban J connectivity index is 1.44. The summed E-state index contributed by atoms with van der Waals surface area (Å²) in [5.74, 6) is -1.88. The molecule has 3 N–H and O–H groups in total. The van der Waals surface area contributed by atoms with Crippen molar-refractivity contribution in [2.24, 2.45) is 5.73 Å². The second kappa shape index (κ2) is 5.96. The quantitative estimate of drug-likeness (QED) is 0.720. The van der Waals surface area contributed by atoms with Gasteiger partial charge in [-0.3, -0.25) is 34.3 Å². The van der Waals surface area contributed by atoms with Gasteiger partial charge in [0, 0.05) is 31.1 Å². The van der Waals surface area contributed by atoms with Gasteiger partial charge in [-0.2, -0.15) is 0 Å². The van der Waals surface area contributed by atoms with Crippen LogP contribution in [0.3, 0.4) is 0 Å². The van der Waals surface area contributed by atoms with Crippen molar-refractivity contribution >= 4 is 23.6 Å². The number of carbonyl (C=O) groups is 4. The van der Waals surface area contributed by atoms with E-state index in [1.807, 2.05) is 6.07 Å². The van der Waals surface area contributed by atoms with Crippen LogP contribution >= 0.6 is 0 Å². The SMILES string of the molecule is NC12CCC(C1)N(Cc1cccc3c1C(=O)N(C1CCC(=O)NC1=O)C3=O)C2. The molecule has 146 valence electrons. The number of nitrogens with two attached hydrogens (primary N) is 1. The molecule has 3 heterocycles. The maximum Gasteiger partial charge on any atom is 0.262 e. The van der Waals surface area contributed by atoms with E-state index in [9.17, 15) is 19.2 Å². The highest BCUT2D eigenvalue weighted by molar-refractivity contribution is 6.24. The summed E-state index contributed by atoms with van der Waals surface area (Å²) < 4.78 is 0. The predicted molar refractivity (Wildman–Crippen MR) is 98.1 cm³/mol. The van der Waals surface area contributed by atoms with Crippen molar-refractivity contribution in [2.75, 3.05) is 6.54 Å². The Kier molecular flexibility index (Phi) is 3.73. The van der Waals surface area contributed by atoms with E-state index >= 15 is 0 Å². The molecule has 0 aromatic heterocycles. The van der Waals surface area contributed by atoms with E-state index in [0.717, 1.165) is 36.3 Å². The molecule has 3 unspecified atom stereocenters. The van der Waals surface area contributed by atoms with Gasteiger partial charge in [-0.05, 0) is 37.3 Å². The number of nitrogens with zero attached hydrogens (tertiary/aromatic N) is 2. The lowest BCUT2D eigenvalue weighted by Crippen LogP contribution is -2.54. The number of carbonyl (C=O) groups excluding carboxylic acids is 4. The molecule has 4 amide bonds. The number of amides is 4. The van der Waals surface area contributed by atoms with Crippen LogP contribution in [-0.2, 0) is 16.1 Å². The molecule has 0 spiro atoms. The number of fused-ring (bicyclic) bond motifs is 3. The zero-order chi connectivity index (χ0) is 19.6. The predicted octanol–water partition coefficient (Wildman–Crippen LogP) is 0.153. The number of nitrogens with one attached hydrogen (secondary N) is 1. The summed E-state index contributed by atoms with van der Waals surface area (Å²) in [6, 6.07) is 4.76. The first-order chi connectivity index (χ1) is 13.4. The third kappa shape index (κ3) is 2.51. The molecule has 2 bridgehead atoms. The van der Waals surface area contributed by atoms with Crippen molar-refractivity contribution in [3.8, 4) is 0 Å². The molecule has 1 aromatic carbocycles. The van der Waals surface area contributed by atoms with Crippen LogP contribution in [0.1, 0.15) is 58.4 Å². The number of rotatable bonds is 3. The fraction of sp³-hybridized carbons (Fsp3) is 0.500. The zero-order valence-electron chi connectivity index (χ0n) is 15.4. The summed E-state index contributed by atoms with van der Waals surface area (Å²) in [6.07, 6.45) is 3.33. The van der Waals surface area contributed by atoms with Gasteiger partial charge in [0.15, 0.2) is 0 Å². The topological polar surface area (TPSA) is 113 Å². The highest BCUT2D eigenvalue weighted by Crippen LogP contribution is 2.40. The average molecular weight is 382 g/mol. The van der Waals surface area contributed by atoms with Gasteiger partial charge in [0.2, 0.25) is 11.8 Å². The Morgan fingerprint density at radius 3 is 2.64 bits per heavy atom. The van der Waals surface area contributed by atoms with E-state index in [1.165, 1.54) is 0 Å². The number of hydrogen-bond acceptors (Lipinski definition) is 6. The average Bonchev–Trinajstić information content (AvgIpc) is 3.26. The minimum atomic E-state index is -0.937. The number of imide groups is 2. The van der Waals surface area contributed by atoms with Crippen LogP contribution in [-0.4, -0.2) is 57.6 Å². The summed E-state index contributed by atoms with van der Waals surface area (Å²) in [4.78, 5) is 53.0. The fourth-order valence-corrected chi connectivity index (χ4v) is 5.24. The monoisotopic (exact) mass is 382 g/mol. The second-order valence-electron chi connectivity index (χ2n) is 8.45. The van der Waals surface area contributed by atoms with Gasteiger partial charge in [0.05, 0.1) is 11.1 Å². The molecule has 28 heavy (non-hydrogen) atoms. The van der Waals surface area contributed by atoms with E-state index in [0.29, 0.717) is 23.7 Å². The molecular formula is C20H22N4O4. The molecule has 1 aromatic rings. The van der Waals surface area contributed by atoms with Crippen molar-refractivity contribution in [2.45, 2.75) is 56.3 Å². The lowest BCUT2D eigenvalue weighted by molar-refractivity contribution is -0.136. The molecule has 4 aliphatic rings. The van der Waals surface area contributed by atoms with Crippen LogP contribution in [0.15, 0.2) is 18.2 Å². The minimum Gasteiger partial charge on any atom is -0.324 e. The Morgan fingerprint density at radius 1 is 1.14 bits per heavy atom. The van der Waals surface area contributed by atoms with E-state index in [2.05, 4.69) is 10.2 Å². The maximum atomic E-state index is 13.1. The van der Waals surface area contributed by atoms with Crippen molar-refractivity contribution in [1.29, 1.82) is 0 Å². The van der Waals surface area contributed by atoms with E-state index < -0.39 is 23.8 Å². The molecule has 3 fully saturated rings. The summed E-state index contributed by atoms with van der Waals surface area (Å²) in [6.45, 7) is 1.36. The molecule has 3 aliphatic heterocycles. The highest BCUT2D eigenvalue weighted by atomic mass is 16.2. The minimum absolute atomic E-state index is 0.116. The van der Waals surface area contributed by atoms with Gasteiger partial charge in [-0.25, -0.2) is 0 Å². The van der Waals surface area contributed by atoms with Crippen LogP contribution in [0.4, 0.5) is 0 Å². The lowest BCUT2D eigenvalue weighted by Gasteiger charge is -2.30. The lowest BCUT2D eigenvalue weighted by atomic mass is 9.99. The first-order valence-electron chi connectivity index (χ1n) is 9.73. The molecule has 8 heteroatoms. The smallest absolute Gasteiger partial charge is 0.262 e. The van der Waals surface area contributed by atoms with Crippen molar-refractivity contribution in [3.63, 3.8) is 0 Å². The van der Waals surface area contributed by atoms with Crippen LogP contribution in [0.2, 0.25) is 0 Å². The van der Waals surface area contributed by atoms with E-state index in [4.69, 9.17) is 5.73 Å². The van der Waals surface area contributed by atoms with Gasteiger partial charge < -0.3 is 5.73 Å². The first kappa shape index (κ1) is 17.5. The summed E-state index contributed by atoms with van der Waals surface area (Å²) in [7, 11) is 0. The number of likely N-dealkylation sites (tertiary alicyclic amines) is 1. The highest BCUT2D eigenvalue weighted by Gasteiger charge is 2.48. The third-order valence-electron chi connectivity index (χ3n) is 6.58. The number of piperidine rings is 2. The van der Waals surface area contributed by atoms with Crippen molar-refractivity contribution in [1.82, 2.24) is 15.1 Å². The molecule has 8 nitrogen and oxygen atoms in total. The molecule has 1 saturated carbocycles. The standard InChI is InChI=1S/C20H22N4O4/c21-20-7-6-12(8-20)23(10-20)9-11-2-1-3-13-16(11)19(28)24(18(13)27)14-4-5-15(25)22-17(14)26/h1-3,12,14H,4-10,21H2,(H,22,25,26). The van der Waals surface area contributed by atoms with Gasteiger partial charge in [-0.15, -0.1) is 0 Å². The molecule has 1 aliphatic carbocycles. The Hall–Kier alpha value is -2.58. The normalized spacial score (nSPS) is 32.2. The zero-order valence-corrected chi connectivity index (χ0v) is 15.4. The largest absolute Gasteiger partial charge is 0.324 e. The van der Waals surface area contributed by atoms with Crippen LogP contribution in [0.5, 0.6) is 0 Å². The summed E-state index contributed by atoms with van der Waals surface area (Å²) in [5, 5.41) is 2.22. The van der Waals surface area contributed by atoms with Gasteiger partial charge in [0.1, 0.15) is 6.04 Å². The summed E-state index contributed by atoms with van der Waals surface area (Å²) >= 11 is 0. The van der Waals surface area contributed by atoms with Gasteiger partial charge in [0.25, 0.3) is 11.8 Å². The van der Waals surface area contributed by atoms with Crippen LogP contribution in [0, 0.1) is 0 Å². The maximum absolute atomic E-state index is 13.1.